The average molecular weight is 530 g/mol. The highest BCUT2D eigenvalue weighted by molar-refractivity contribution is 9.10. The topological polar surface area (TPSA) is 79.8 Å². The van der Waals surface area contributed by atoms with Crippen LogP contribution in [-0.2, 0) is 11.4 Å². The van der Waals surface area contributed by atoms with E-state index in [9.17, 15) is 18.4 Å². The Morgan fingerprint density at radius 3 is 2.18 bits per heavy atom. The van der Waals surface area contributed by atoms with Gasteiger partial charge < -0.3 is 10.2 Å². The van der Waals surface area contributed by atoms with Crippen molar-refractivity contribution in [1.82, 2.24) is 5.32 Å². The van der Waals surface area contributed by atoms with Crippen LogP contribution in [0.4, 0.5) is 19.3 Å². The number of hydrogen-bond acceptors (Lipinski definition) is 4. The molecule has 0 heterocycles. The van der Waals surface area contributed by atoms with Crippen LogP contribution in [0.3, 0.4) is 0 Å². The second kappa shape index (κ2) is 11.5. The van der Waals surface area contributed by atoms with Gasteiger partial charge in [0.1, 0.15) is 23.8 Å². The summed E-state index contributed by atoms with van der Waals surface area (Å²) in [6, 6.07) is 16.5. The molecule has 0 aliphatic heterocycles. The minimum Gasteiger partial charge on any atom is -0.391 e. The number of imide groups is 1. The number of nitrogens with zero attached hydrogens (tertiary/aromatic N) is 1. The third-order valence-electron chi connectivity index (χ3n) is 4.71. The molecular weight excluding hydrogens is 508 g/mol. The maximum absolute atomic E-state index is 13.7. The number of carbonyl (C=O) groups is 2. The number of carbonyl (C=O) groups excluding carboxylic acids is 2. The Labute approximate surface area is 204 Å². The molecule has 34 heavy (non-hydrogen) atoms. The minimum absolute atomic E-state index is 0.159. The summed E-state index contributed by atoms with van der Waals surface area (Å²) in [5.41, 5.74) is 2.14. The van der Waals surface area contributed by atoms with Crippen molar-refractivity contribution in [3.63, 3.8) is 0 Å². The van der Waals surface area contributed by atoms with Gasteiger partial charge in [0.2, 0.25) is 0 Å². The SMILES string of the molecule is CC(C)C(=NOCc1ccc(NC(=O)NC(=O)c2c(F)cccc2F)cc1)c1ccc(Br)cc1. The number of nitrogens with one attached hydrogen (secondary N) is 2. The van der Waals surface area contributed by atoms with Crippen molar-refractivity contribution in [3.8, 4) is 0 Å². The Morgan fingerprint density at radius 2 is 1.59 bits per heavy atom. The lowest BCUT2D eigenvalue weighted by Crippen LogP contribution is -2.35. The van der Waals surface area contributed by atoms with Gasteiger partial charge in [-0.3, -0.25) is 10.1 Å². The first-order chi connectivity index (χ1) is 16.2. The van der Waals surface area contributed by atoms with Crippen LogP contribution in [0.15, 0.2) is 76.4 Å². The molecule has 0 aromatic heterocycles. The summed E-state index contributed by atoms with van der Waals surface area (Å²) in [5.74, 6) is -3.13. The molecule has 0 atom stereocenters. The molecule has 3 amide bonds. The average Bonchev–Trinajstić information content (AvgIpc) is 2.78. The zero-order valence-corrected chi connectivity index (χ0v) is 20.0. The van der Waals surface area contributed by atoms with Crippen LogP contribution in [-0.4, -0.2) is 17.6 Å². The van der Waals surface area contributed by atoms with Crippen molar-refractivity contribution in [2.24, 2.45) is 11.1 Å². The Bertz CT molecular complexity index is 1180. The number of rotatable bonds is 7. The van der Waals surface area contributed by atoms with Gasteiger partial charge in [0.05, 0.1) is 5.71 Å². The van der Waals surface area contributed by atoms with E-state index < -0.39 is 29.1 Å². The van der Waals surface area contributed by atoms with Crippen molar-refractivity contribution in [3.05, 3.63) is 99.5 Å². The molecule has 0 saturated heterocycles. The summed E-state index contributed by atoms with van der Waals surface area (Å²) >= 11 is 3.42. The summed E-state index contributed by atoms with van der Waals surface area (Å²) in [6.45, 7) is 4.27. The summed E-state index contributed by atoms with van der Waals surface area (Å²) < 4.78 is 28.3. The van der Waals surface area contributed by atoms with E-state index >= 15 is 0 Å². The fourth-order valence-corrected chi connectivity index (χ4v) is 3.28. The maximum atomic E-state index is 13.7. The molecule has 0 aliphatic rings. The van der Waals surface area contributed by atoms with Crippen LogP contribution in [0.25, 0.3) is 0 Å². The number of urea groups is 1. The van der Waals surface area contributed by atoms with Crippen LogP contribution in [0.1, 0.15) is 35.3 Å². The largest absolute Gasteiger partial charge is 0.391 e. The van der Waals surface area contributed by atoms with Crippen molar-refractivity contribution in [2.45, 2.75) is 20.5 Å². The van der Waals surface area contributed by atoms with E-state index in [4.69, 9.17) is 4.84 Å². The van der Waals surface area contributed by atoms with Crippen LogP contribution < -0.4 is 10.6 Å². The van der Waals surface area contributed by atoms with Crippen molar-refractivity contribution >= 4 is 39.3 Å². The number of hydrogen-bond donors (Lipinski definition) is 2. The fourth-order valence-electron chi connectivity index (χ4n) is 3.02. The van der Waals surface area contributed by atoms with Crippen molar-refractivity contribution < 1.29 is 23.2 Å². The Kier molecular flexibility index (Phi) is 8.48. The summed E-state index contributed by atoms with van der Waals surface area (Å²) in [6.07, 6.45) is 0. The first-order valence-electron chi connectivity index (χ1n) is 10.4. The van der Waals surface area contributed by atoms with Gasteiger partial charge in [-0.1, -0.05) is 65.3 Å². The van der Waals surface area contributed by atoms with Gasteiger partial charge in [-0.25, -0.2) is 13.6 Å². The van der Waals surface area contributed by atoms with Gasteiger partial charge in [0, 0.05) is 10.2 Å². The summed E-state index contributed by atoms with van der Waals surface area (Å²) in [4.78, 5) is 29.6. The third-order valence-corrected chi connectivity index (χ3v) is 5.24. The number of oxime groups is 1. The highest BCUT2D eigenvalue weighted by Gasteiger charge is 2.19. The van der Waals surface area contributed by atoms with Gasteiger partial charge in [0.15, 0.2) is 0 Å². The lowest BCUT2D eigenvalue weighted by molar-refractivity contribution is 0.0959. The minimum atomic E-state index is -1.18. The molecule has 0 unspecified atom stereocenters. The van der Waals surface area contributed by atoms with Gasteiger partial charge in [-0.2, -0.15) is 0 Å². The first kappa shape index (κ1) is 25.0. The van der Waals surface area contributed by atoms with E-state index in [1.807, 2.05) is 43.4 Å². The molecule has 3 aromatic rings. The second-order valence-electron chi connectivity index (χ2n) is 7.61. The van der Waals surface area contributed by atoms with Gasteiger partial charge in [-0.15, -0.1) is 0 Å². The predicted octanol–water partition coefficient (Wildman–Crippen LogP) is 6.27. The monoisotopic (exact) mass is 529 g/mol. The van der Waals surface area contributed by atoms with Crippen LogP contribution in [0.5, 0.6) is 0 Å². The number of benzene rings is 3. The molecule has 2 N–H and O–H groups in total. The molecule has 3 aromatic carbocycles. The molecule has 6 nitrogen and oxygen atoms in total. The van der Waals surface area contributed by atoms with Gasteiger partial charge >= 0.3 is 6.03 Å². The molecule has 0 saturated carbocycles. The third kappa shape index (κ3) is 6.71. The Balaban J connectivity index is 1.56. The van der Waals surface area contributed by atoms with Crippen LogP contribution in [0, 0.1) is 17.6 Å². The molecule has 0 spiro atoms. The second-order valence-corrected chi connectivity index (χ2v) is 8.53. The van der Waals surface area contributed by atoms with E-state index in [1.54, 1.807) is 24.3 Å². The lowest BCUT2D eigenvalue weighted by atomic mass is 10.0. The zero-order chi connectivity index (χ0) is 24.7. The molecule has 0 radical (unpaired) electrons. The molecule has 0 aliphatic carbocycles. The van der Waals surface area contributed by atoms with Gasteiger partial charge in [0.25, 0.3) is 5.91 Å². The summed E-state index contributed by atoms with van der Waals surface area (Å²) in [7, 11) is 0. The number of anilines is 1. The standard InChI is InChI=1S/C25H22BrF2N3O3/c1-15(2)23(17-8-10-18(26)11-9-17)31-34-14-16-6-12-19(13-7-16)29-25(33)30-24(32)22-20(27)4-3-5-21(22)28/h3-13,15H,14H2,1-2H3,(H2,29,30,32,33). The fraction of sp³-hybridized carbons (Fsp3) is 0.160. The van der Waals surface area contributed by atoms with E-state index in [1.165, 1.54) is 0 Å². The van der Waals surface area contributed by atoms with Crippen molar-refractivity contribution in [2.75, 3.05) is 5.32 Å². The Hall–Kier alpha value is -3.59. The highest BCUT2D eigenvalue weighted by atomic mass is 79.9. The van der Waals surface area contributed by atoms with E-state index in [-0.39, 0.29) is 12.5 Å². The van der Waals surface area contributed by atoms with E-state index in [0.29, 0.717) is 5.69 Å². The predicted molar refractivity (Wildman–Crippen MR) is 130 cm³/mol. The molecule has 0 bridgehead atoms. The normalized spacial score (nSPS) is 11.3. The molecule has 176 valence electrons. The zero-order valence-electron chi connectivity index (χ0n) is 18.4. The molecule has 3 rings (SSSR count). The first-order valence-corrected chi connectivity index (χ1v) is 11.1. The number of amides is 3. The summed E-state index contributed by atoms with van der Waals surface area (Å²) in [5, 5.41) is 8.63. The smallest absolute Gasteiger partial charge is 0.326 e. The molecular formula is C25H22BrF2N3O3. The van der Waals surface area contributed by atoms with Gasteiger partial charge in [-0.05, 0) is 53.4 Å². The molecule has 9 heteroatoms. The maximum Gasteiger partial charge on any atom is 0.326 e. The van der Waals surface area contributed by atoms with Crippen molar-refractivity contribution in [1.29, 1.82) is 0 Å². The van der Waals surface area contributed by atoms with E-state index in [2.05, 4.69) is 26.4 Å². The number of halogens is 3. The lowest BCUT2D eigenvalue weighted by Gasteiger charge is -2.11. The van der Waals surface area contributed by atoms with Crippen LogP contribution in [0.2, 0.25) is 0 Å². The highest BCUT2D eigenvalue weighted by Crippen LogP contribution is 2.16. The quantitative estimate of drug-likeness (QED) is 0.279. The van der Waals surface area contributed by atoms with E-state index in [0.717, 1.165) is 39.5 Å². The van der Waals surface area contributed by atoms with Crippen LogP contribution >= 0.6 is 15.9 Å². The Morgan fingerprint density at radius 1 is 0.971 bits per heavy atom. The molecule has 0 fully saturated rings.